The summed E-state index contributed by atoms with van der Waals surface area (Å²) in [5.74, 6) is -2.06. The minimum Gasteiger partial charge on any atom is -0.374 e. The molecule has 0 aliphatic heterocycles. The van der Waals surface area contributed by atoms with Crippen molar-refractivity contribution in [3.05, 3.63) is 0 Å². The zero-order valence-electron chi connectivity index (χ0n) is 41.2. The van der Waals surface area contributed by atoms with Gasteiger partial charge in [0, 0.05) is 0 Å². The van der Waals surface area contributed by atoms with Crippen LogP contribution < -0.4 is 0 Å². The second-order valence-electron chi connectivity index (χ2n) is 23.4. The van der Waals surface area contributed by atoms with E-state index in [0.717, 1.165) is 0 Å². The van der Waals surface area contributed by atoms with E-state index in [1.807, 2.05) is 41.5 Å². The summed E-state index contributed by atoms with van der Waals surface area (Å²) < 4.78 is 266. The fourth-order valence-electron chi connectivity index (χ4n) is 15.0. The van der Waals surface area contributed by atoms with E-state index in [9.17, 15) is 84.1 Å². The van der Waals surface area contributed by atoms with Crippen molar-refractivity contribution in [3.8, 4) is 0 Å². The smallest absolute Gasteiger partial charge is 0.374 e. The molecule has 7 aliphatic rings. The lowest BCUT2D eigenvalue weighted by atomic mass is 9.71. The van der Waals surface area contributed by atoms with Gasteiger partial charge in [-0.3, -0.25) is 0 Å². The standard InChI is InChI=1S/C36H52F12O4.C13H18F6O/c1-19-21(3)29-11-25(19)9-27(29)13-31(33(37,38)39,34(40,41)42)51-17-49-15-23-5-7-24(8-6-23)16-50-18-52-32(35(43,44)45,36(46,47)48)14-28-10-26-12-30(28)22(4)20(26)2;1-6-7(2)10-4-8(6)3-9(10)5-11(20,12(14,15)16)13(17,18)19/h19-30H,5-18H2,1-4H3;6-10,20H,3-5H2,1-2H3. The van der Waals surface area contributed by atoms with Crippen LogP contribution in [0.2, 0.25) is 0 Å². The van der Waals surface area contributed by atoms with Crippen LogP contribution in [0, 0.1) is 101 Å². The Morgan fingerprint density at radius 3 is 0.847 bits per heavy atom. The maximum absolute atomic E-state index is 14.2. The number of halogens is 18. The van der Waals surface area contributed by atoms with E-state index < -0.39 is 104 Å². The average molecular weight is 1080 g/mol. The molecule has 0 amide bonds. The molecule has 72 heavy (non-hydrogen) atoms. The van der Waals surface area contributed by atoms with Crippen molar-refractivity contribution in [2.24, 2.45) is 101 Å². The van der Waals surface area contributed by atoms with Crippen molar-refractivity contribution in [1.82, 2.24) is 0 Å². The van der Waals surface area contributed by atoms with Crippen molar-refractivity contribution in [3.63, 3.8) is 0 Å². The summed E-state index contributed by atoms with van der Waals surface area (Å²) in [6, 6.07) is 0. The van der Waals surface area contributed by atoms with Crippen LogP contribution in [0.1, 0.15) is 125 Å². The molecule has 7 fully saturated rings. The lowest BCUT2D eigenvalue weighted by molar-refractivity contribution is -0.399. The Morgan fingerprint density at radius 2 is 0.625 bits per heavy atom. The van der Waals surface area contributed by atoms with Crippen LogP contribution >= 0.6 is 0 Å². The predicted octanol–water partition coefficient (Wildman–Crippen LogP) is 15.3. The lowest BCUT2D eigenvalue weighted by Crippen LogP contribution is -2.60. The van der Waals surface area contributed by atoms with Gasteiger partial charge in [-0.2, -0.15) is 79.0 Å². The molecule has 23 heteroatoms. The van der Waals surface area contributed by atoms with Gasteiger partial charge in [-0.05, 0) is 184 Å². The highest BCUT2D eigenvalue weighted by molar-refractivity contribution is 5.07. The van der Waals surface area contributed by atoms with Crippen LogP contribution in [0.5, 0.6) is 0 Å². The van der Waals surface area contributed by atoms with Gasteiger partial charge < -0.3 is 24.1 Å². The van der Waals surface area contributed by atoms with Crippen molar-refractivity contribution < 1.29 is 103 Å². The molecule has 1 N–H and O–H groups in total. The number of rotatable bonds is 16. The molecule has 0 spiro atoms. The number of hydrogen-bond acceptors (Lipinski definition) is 5. The highest BCUT2D eigenvalue weighted by Crippen LogP contribution is 2.63. The Morgan fingerprint density at radius 1 is 0.361 bits per heavy atom. The Labute approximate surface area is 408 Å². The van der Waals surface area contributed by atoms with Gasteiger partial charge in [0.05, 0.1) is 13.2 Å². The molecule has 0 radical (unpaired) electrons. The van der Waals surface area contributed by atoms with Crippen LogP contribution in [0.25, 0.3) is 0 Å². The molecule has 0 saturated heterocycles. The largest absolute Gasteiger partial charge is 0.426 e. The maximum atomic E-state index is 14.2. The van der Waals surface area contributed by atoms with Gasteiger partial charge in [0.2, 0.25) is 0 Å². The molecule has 422 valence electrons. The Hall–Kier alpha value is -1.46. The van der Waals surface area contributed by atoms with Gasteiger partial charge in [-0.1, -0.05) is 41.5 Å². The van der Waals surface area contributed by atoms with E-state index >= 15 is 0 Å². The normalized spacial score (nSPS) is 37.7. The van der Waals surface area contributed by atoms with Gasteiger partial charge >= 0.3 is 37.1 Å². The summed E-state index contributed by atoms with van der Waals surface area (Å²) in [4.78, 5) is 0. The van der Waals surface area contributed by atoms with Gasteiger partial charge in [0.1, 0.15) is 13.6 Å². The van der Waals surface area contributed by atoms with Crippen molar-refractivity contribution in [2.45, 2.75) is 179 Å². The van der Waals surface area contributed by atoms with Gasteiger partial charge in [-0.15, -0.1) is 0 Å². The summed E-state index contributed by atoms with van der Waals surface area (Å²) in [6.07, 6.45) is -33.5. The van der Waals surface area contributed by atoms with E-state index in [-0.39, 0.29) is 90.1 Å². The molecule has 0 heterocycles. The van der Waals surface area contributed by atoms with Crippen LogP contribution in [0.15, 0.2) is 0 Å². The minimum atomic E-state index is -5.72. The number of fused-ring (bicyclic) bond motifs is 6. The summed E-state index contributed by atoms with van der Waals surface area (Å²) >= 11 is 0. The molecule has 15 unspecified atom stereocenters. The fraction of sp³-hybridized carbons (Fsp3) is 1.00. The third-order valence-corrected chi connectivity index (χ3v) is 20.0. The quantitative estimate of drug-likeness (QED) is 0.0948. The van der Waals surface area contributed by atoms with Crippen LogP contribution in [0.3, 0.4) is 0 Å². The van der Waals surface area contributed by atoms with Crippen molar-refractivity contribution in [2.75, 3.05) is 26.8 Å². The summed E-state index contributed by atoms with van der Waals surface area (Å²) in [5.41, 5.74) is -13.3. The average Bonchev–Trinajstić information content (AvgIpc) is 4.10. The van der Waals surface area contributed by atoms with E-state index in [2.05, 4.69) is 9.47 Å². The highest BCUT2D eigenvalue weighted by atomic mass is 19.4. The molecule has 0 aromatic rings. The number of alkyl halides is 18. The monoisotopic (exact) mass is 1080 g/mol. The second kappa shape index (κ2) is 21.1. The topological polar surface area (TPSA) is 57.2 Å². The summed E-state index contributed by atoms with van der Waals surface area (Å²) in [7, 11) is 0. The molecule has 5 nitrogen and oxygen atoms in total. The van der Waals surface area contributed by atoms with Crippen LogP contribution in [-0.4, -0.2) is 85.8 Å². The maximum Gasteiger partial charge on any atom is 0.426 e. The first-order valence-electron chi connectivity index (χ1n) is 25.4. The molecule has 0 aromatic carbocycles. The van der Waals surface area contributed by atoms with Crippen molar-refractivity contribution >= 4 is 0 Å². The molecule has 15 atom stereocenters. The number of ether oxygens (including phenoxy) is 4. The Bertz CT molecular complexity index is 1630. The van der Waals surface area contributed by atoms with E-state index in [1.165, 1.54) is 0 Å². The minimum absolute atomic E-state index is 0.0188. The van der Waals surface area contributed by atoms with E-state index in [1.54, 1.807) is 0 Å². The third-order valence-electron chi connectivity index (χ3n) is 20.0. The second-order valence-corrected chi connectivity index (χ2v) is 23.4. The first-order valence-corrected chi connectivity index (χ1v) is 25.4. The molecular weight excluding hydrogens is 1010 g/mol. The number of aliphatic hydroxyl groups is 1. The third kappa shape index (κ3) is 11.4. The van der Waals surface area contributed by atoms with Gasteiger partial charge in [-0.25, -0.2) is 0 Å². The van der Waals surface area contributed by atoms with E-state index in [4.69, 9.17) is 9.47 Å². The number of hydrogen-bond donors (Lipinski definition) is 1. The molecular formula is C49H70F18O5. The van der Waals surface area contributed by atoms with Crippen LogP contribution in [0.4, 0.5) is 79.0 Å². The Balaban J connectivity index is 0.000000352. The van der Waals surface area contributed by atoms with Crippen molar-refractivity contribution in [1.29, 1.82) is 0 Å². The predicted molar refractivity (Wildman–Crippen MR) is 224 cm³/mol. The van der Waals surface area contributed by atoms with Gasteiger partial charge in [0.25, 0.3) is 16.8 Å². The van der Waals surface area contributed by atoms with Gasteiger partial charge in [0.15, 0.2) is 0 Å². The molecule has 7 saturated carbocycles. The molecule has 0 aromatic heterocycles. The lowest BCUT2D eigenvalue weighted by Gasteiger charge is -2.42. The summed E-state index contributed by atoms with van der Waals surface area (Å²) in [6.45, 7) is 8.79. The molecule has 6 bridgehead atoms. The fourth-order valence-corrected chi connectivity index (χ4v) is 15.0. The Kier molecular flexibility index (Phi) is 17.5. The SMILES string of the molecule is CC1C2CC(CC(O)(C(F)(F)F)C(F)(F)F)C(C2)C1C.CC1C2CC(CC(OCOCC3CCC(COCOC(CC4CC5CC4C(C)C5C)(C(F)(F)F)C(F)(F)F)CC3)(C(F)(F)F)C(F)(F)F)C(C2)C1C. The molecule has 7 rings (SSSR count). The molecule has 7 aliphatic carbocycles. The highest BCUT2D eigenvalue weighted by Gasteiger charge is 2.75. The first-order chi connectivity index (χ1) is 32.8. The zero-order valence-corrected chi connectivity index (χ0v) is 41.2. The van der Waals surface area contributed by atoms with E-state index in [0.29, 0.717) is 70.1 Å². The van der Waals surface area contributed by atoms with Crippen LogP contribution in [-0.2, 0) is 18.9 Å². The summed E-state index contributed by atoms with van der Waals surface area (Å²) in [5, 5.41) is 9.28. The first kappa shape index (κ1) is 59.8. The zero-order chi connectivity index (χ0) is 54.2.